The number of rotatable bonds is 20. The van der Waals surface area contributed by atoms with Crippen LogP contribution in [0.4, 0.5) is 0 Å². The third-order valence-electron chi connectivity index (χ3n) is 7.57. The molecule has 2 aromatic rings. The van der Waals surface area contributed by atoms with E-state index in [0.29, 0.717) is 11.1 Å². The molecule has 3 N–H and O–H groups in total. The van der Waals surface area contributed by atoms with Crippen LogP contribution in [0, 0.1) is 0 Å². The minimum absolute atomic E-state index is 0. The first kappa shape index (κ1) is 53.2. The number of carboxylic acid groups (broad SMARTS) is 2. The largest absolute Gasteiger partial charge is 1.00 e. The Morgan fingerprint density at radius 2 is 0.896 bits per heavy atom. The first-order chi connectivity index (χ1) is 21.6. The third kappa shape index (κ3) is 24.5. The smallest absolute Gasteiger partial charge is 1.00 e. The molecule has 0 fully saturated rings. The van der Waals surface area contributed by atoms with Gasteiger partial charge >= 0.3 is 71.2 Å². The number of aliphatic carboxylic acids is 2. The second-order valence-corrected chi connectivity index (χ2v) is 11.6. The van der Waals surface area contributed by atoms with Crippen LogP contribution in [0.15, 0.2) is 24.3 Å². The summed E-state index contributed by atoms with van der Waals surface area (Å²) < 4.78 is 0. The Kier molecular flexibility index (Phi) is 37.5. The van der Waals surface area contributed by atoms with E-state index in [2.05, 4.69) is 33.8 Å². The molecule has 0 radical (unpaired) electrons. The van der Waals surface area contributed by atoms with E-state index in [4.69, 9.17) is 14.7 Å². The molecule has 0 bridgehead atoms. The molecule has 0 atom stereocenters. The first-order valence-electron chi connectivity index (χ1n) is 16.7. The monoisotopic (exact) mass is 690 g/mol. The van der Waals surface area contributed by atoms with Crippen molar-refractivity contribution in [1.29, 1.82) is 0 Å². The number of carbonyl (C=O) groups excluding carboxylic acids is 3. The van der Waals surface area contributed by atoms with Gasteiger partial charge < -0.3 is 26.6 Å². The van der Waals surface area contributed by atoms with E-state index >= 15 is 0 Å². The SMILES string of the molecule is C.CCCCCc1cc(CCCCC)c(O)c(CC(=O)O)c1.CCCCCc1cc(CCCCC)c(O)c(CC(=O)[O-])c1.O=C=O.[H-].[Na+].[Na+]. The summed E-state index contributed by atoms with van der Waals surface area (Å²) in [5, 5.41) is 40.3. The van der Waals surface area contributed by atoms with Gasteiger partial charge in [0.05, 0.1) is 6.42 Å². The number of unbranched alkanes of at least 4 members (excludes halogenated alkanes) is 8. The number of aromatic hydroxyl groups is 2. The van der Waals surface area contributed by atoms with Gasteiger partial charge in [-0.25, -0.2) is 0 Å². The Morgan fingerprint density at radius 1 is 0.604 bits per heavy atom. The van der Waals surface area contributed by atoms with E-state index in [1.54, 1.807) is 0 Å². The molecule has 0 spiro atoms. The molecule has 0 aliphatic carbocycles. The Morgan fingerprint density at radius 3 is 1.19 bits per heavy atom. The van der Waals surface area contributed by atoms with Crippen LogP contribution in [0.2, 0.25) is 0 Å². The molecule has 2 aromatic carbocycles. The average Bonchev–Trinajstić information content (AvgIpc) is 2.98. The summed E-state index contributed by atoms with van der Waals surface area (Å²) in [6, 6.07) is 7.79. The van der Waals surface area contributed by atoms with Crippen molar-refractivity contribution >= 4 is 18.1 Å². The second kappa shape index (κ2) is 33.8. The molecule has 0 aliphatic rings. The summed E-state index contributed by atoms with van der Waals surface area (Å²) in [5.74, 6) is -1.70. The fourth-order valence-corrected chi connectivity index (χ4v) is 5.21. The van der Waals surface area contributed by atoms with Crippen LogP contribution in [0.1, 0.15) is 147 Å². The quantitative estimate of drug-likeness (QED) is 0.141. The van der Waals surface area contributed by atoms with Crippen LogP contribution in [0.25, 0.3) is 0 Å². The topological polar surface area (TPSA) is 152 Å². The van der Waals surface area contributed by atoms with Crippen LogP contribution in [-0.4, -0.2) is 33.4 Å². The molecule has 262 valence electrons. The number of carboxylic acids is 2. The summed E-state index contributed by atoms with van der Waals surface area (Å²) in [7, 11) is 0. The van der Waals surface area contributed by atoms with Crippen molar-refractivity contribution in [1.82, 2.24) is 0 Å². The third-order valence-corrected chi connectivity index (χ3v) is 7.57. The number of carbonyl (C=O) groups is 2. The van der Waals surface area contributed by atoms with E-state index in [1.165, 1.54) is 19.3 Å². The van der Waals surface area contributed by atoms with Crippen molar-refractivity contribution in [3.05, 3.63) is 57.6 Å². The first-order valence-corrected chi connectivity index (χ1v) is 16.7. The van der Waals surface area contributed by atoms with Gasteiger partial charge in [0.15, 0.2) is 0 Å². The van der Waals surface area contributed by atoms with E-state index < -0.39 is 11.9 Å². The molecule has 10 heteroatoms. The molecular weight excluding hydrogens is 630 g/mol. The minimum atomic E-state index is -1.14. The Bertz CT molecular complexity index is 1100. The van der Waals surface area contributed by atoms with Gasteiger partial charge in [-0.1, -0.05) is 111 Å². The van der Waals surface area contributed by atoms with Crippen molar-refractivity contribution in [3.63, 3.8) is 0 Å². The van der Waals surface area contributed by atoms with Crippen molar-refractivity contribution in [3.8, 4) is 11.5 Å². The normalized spacial score (nSPS) is 9.58. The van der Waals surface area contributed by atoms with Gasteiger partial charge in [-0.3, -0.25) is 4.79 Å². The minimum Gasteiger partial charge on any atom is -1.00 e. The number of phenolic OH excluding ortho intramolecular Hbond substituents is 2. The average molecular weight is 691 g/mol. The van der Waals surface area contributed by atoms with Crippen LogP contribution >= 0.6 is 0 Å². The molecule has 0 heterocycles. The van der Waals surface area contributed by atoms with Crippen LogP contribution in [0.5, 0.6) is 11.5 Å². The van der Waals surface area contributed by atoms with E-state index in [9.17, 15) is 24.9 Å². The Hall–Kier alpha value is -1.64. The maximum atomic E-state index is 11.0. The molecule has 0 aromatic heterocycles. The van der Waals surface area contributed by atoms with Crippen molar-refractivity contribution < 1.29 is 100 Å². The molecule has 2 rings (SSSR count). The molecule has 0 saturated carbocycles. The van der Waals surface area contributed by atoms with Crippen LogP contribution in [-0.2, 0) is 57.7 Å². The number of benzene rings is 2. The zero-order chi connectivity index (χ0) is 34.0. The van der Waals surface area contributed by atoms with Crippen molar-refractivity contribution in [2.45, 2.75) is 151 Å². The van der Waals surface area contributed by atoms with E-state index in [-0.39, 0.29) is 98.5 Å². The molecule has 0 amide bonds. The van der Waals surface area contributed by atoms with Crippen LogP contribution in [0.3, 0.4) is 0 Å². The van der Waals surface area contributed by atoms with E-state index in [1.807, 2.05) is 18.2 Å². The maximum Gasteiger partial charge on any atom is 1.00 e. The zero-order valence-corrected chi connectivity index (χ0v) is 33.9. The van der Waals surface area contributed by atoms with Gasteiger partial charge in [-0.15, -0.1) is 0 Å². The fraction of sp³-hybridized carbons (Fsp3) is 0.605. The number of phenols is 2. The van der Waals surface area contributed by atoms with Crippen LogP contribution < -0.4 is 64.2 Å². The molecule has 48 heavy (non-hydrogen) atoms. The Balaban J connectivity index is -0.000000226. The molecule has 0 saturated heterocycles. The summed E-state index contributed by atoms with van der Waals surface area (Å²) in [5.41, 5.74) is 5.13. The summed E-state index contributed by atoms with van der Waals surface area (Å²) in [4.78, 5) is 38.0. The van der Waals surface area contributed by atoms with Crippen molar-refractivity contribution in [2.24, 2.45) is 0 Å². The van der Waals surface area contributed by atoms with Gasteiger partial charge in [-0.2, -0.15) is 9.59 Å². The number of hydrogen-bond donors (Lipinski definition) is 3. The van der Waals surface area contributed by atoms with Crippen molar-refractivity contribution in [2.75, 3.05) is 0 Å². The molecule has 0 unspecified atom stereocenters. The van der Waals surface area contributed by atoms with Gasteiger partial charge in [0, 0.05) is 23.5 Å². The predicted molar refractivity (Wildman–Crippen MR) is 182 cm³/mol. The molecule has 8 nitrogen and oxygen atoms in total. The Labute approximate surface area is 335 Å². The number of aryl methyl sites for hydroxylation is 4. The number of hydrogen-bond acceptors (Lipinski definition) is 7. The predicted octanol–water partition coefficient (Wildman–Crippen LogP) is 1.81. The second-order valence-electron chi connectivity index (χ2n) is 11.6. The zero-order valence-electron chi connectivity index (χ0n) is 30.9. The summed E-state index contributed by atoms with van der Waals surface area (Å²) in [6.45, 7) is 8.62. The van der Waals surface area contributed by atoms with Gasteiger partial charge in [0.25, 0.3) is 0 Å². The standard InChI is InChI=1S/2C18H28O3.CO2.CH4.2Na.H/c2*1-3-5-7-9-14-11-15(10-8-6-4-2)18(21)16(12-14)13-17(19)20;2-1-3;;;;/h2*11-12,21H,3-10,13H2,1-2H3,(H,19,20);;1H4;;;/q;;;;2*+1;-1/p-1. The fourth-order valence-electron chi connectivity index (χ4n) is 5.21. The van der Waals surface area contributed by atoms with Gasteiger partial charge in [0.2, 0.25) is 0 Å². The summed E-state index contributed by atoms with van der Waals surface area (Å²) >= 11 is 0. The maximum absolute atomic E-state index is 11.0. The van der Waals surface area contributed by atoms with E-state index in [0.717, 1.165) is 106 Å². The van der Waals surface area contributed by atoms with Gasteiger partial charge in [0.1, 0.15) is 11.5 Å². The molecule has 0 aliphatic heterocycles. The summed E-state index contributed by atoms with van der Waals surface area (Å²) in [6.07, 6.45) is 16.9. The van der Waals surface area contributed by atoms with Gasteiger partial charge in [-0.05, 0) is 73.6 Å². The molecular formula is C38H60Na2O8.